The lowest BCUT2D eigenvalue weighted by atomic mass is 10.1. The Labute approximate surface area is 113 Å². The SMILES string of the molecule is C[Si](C)(C)C#C/C(CO)=C(/C#C[Si](C)(C)C)CO. The molecule has 2 nitrogen and oxygen atoms in total. The fraction of sp³-hybridized carbons (Fsp3) is 0.571. The molecular formula is C14H24O2Si2. The van der Waals surface area contributed by atoms with Crippen molar-refractivity contribution >= 4 is 16.1 Å². The molecule has 0 spiro atoms. The van der Waals surface area contributed by atoms with E-state index in [9.17, 15) is 10.2 Å². The van der Waals surface area contributed by atoms with Gasteiger partial charge in [-0.1, -0.05) is 51.1 Å². The highest BCUT2D eigenvalue weighted by molar-refractivity contribution is 6.84. The van der Waals surface area contributed by atoms with Crippen LogP contribution in [0.15, 0.2) is 11.1 Å². The third kappa shape index (κ3) is 8.33. The Balaban J connectivity index is 5.42. The molecule has 0 aliphatic rings. The number of hydrogen-bond acceptors (Lipinski definition) is 2. The summed E-state index contributed by atoms with van der Waals surface area (Å²) in [5.41, 5.74) is 7.50. The van der Waals surface area contributed by atoms with Crippen LogP contribution in [0.4, 0.5) is 0 Å². The van der Waals surface area contributed by atoms with E-state index in [2.05, 4.69) is 62.2 Å². The van der Waals surface area contributed by atoms with Gasteiger partial charge in [-0.05, 0) is 0 Å². The number of hydrogen-bond donors (Lipinski definition) is 2. The molecule has 4 heteroatoms. The van der Waals surface area contributed by atoms with E-state index in [1.807, 2.05) is 0 Å². The highest BCUT2D eigenvalue weighted by Gasteiger charge is 2.10. The Morgan fingerprint density at radius 1 is 0.722 bits per heavy atom. The lowest BCUT2D eigenvalue weighted by Crippen LogP contribution is -2.17. The second kappa shape index (κ2) is 6.96. The highest BCUT2D eigenvalue weighted by Crippen LogP contribution is 2.05. The zero-order chi connectivity index (χ0) is 14.4. The van der Waals surface area contributed by atoms with Crippen molar-refractivity contribution in [3.8, 4) is 22.9 Å². The van der Waals surface area contributed by atoms with Crippen LogP contribution in [-0.2, 0) is 0 Å². The topological polar surface area (TPSA) is 40.5 Å². The smallest absolute Gasteiger partial charge is 0.129 e. The zero-order valence-corrected chi connectivity index (χ0v) is 14.3. The molecule has 0 aromatic rings. The maximum Gasteiger partial charge on any atom is 0.129 e. The van der Waals surface area contributed by atoms with Gasteiger partial charge < -0.3 is 10.2 Å². The van der Waals surface area contributed by atoms with Gasteiger partial charge in [-0.3, -0.25) is 0 Å². The van der Waals surface area contributed by atoms with Gasteiger partial charge in [0.25, 0.3) is 0 Å². The van der Waals surface area contributed by atoms with Crippen LogP contribution in [0.1, 0.15) is 0 Å². The van der Waals surface area contributed by atoms with Gasteiger partial charge in [0.05, 0.1) is 13.2 Å². The van der Waals surface area contributed by atoms with Crippen molar-refractivity contribution in [2.45, 2.75) is 39.3 Å². The second-order valence-electron chi connectivity index (χ2n) is 6.27. The predicted molar refractivity (Wildman–Crippen MR) is 83.4 cm³/mol. The lowest BCUT2D eigenvalue weighted by Gasteiger charge is -2.06. The van der Waals surface area contributed by atoms with E-state index >= 15 is 0 Å². The Kier molecular flexibility index (Phi) is 6.66. The molecule has 0 aliphatic heterocycles. The molecule has 0 aromatic carbocycles. The summed E-state index contributed by atoms with van der Waals surface area (Å²) in [7, 11) is -2.96. The third-order valence-corrected chi connectivity index (χ3v) is 3.61. The number of rotatable bonds is 2. The van der Waals surface area contributed by atoms with E-state index in [1.165, 1.54) is 0 Å². The first-order valence-corrected chi connectivity index (χ1v) is 13.1. The van der Waals surface area contributed by atoms with Crippen LogP contribution in [-0.4, -0.2) is 39.6 Å². The Morgan fingerprint density at radius 3 is 1.17 bits per heavy atom. The highest BCUT2D eigenvalue weighted by atomic mass is 28.3. The van der Waals surface area contributed by atoms with Gasteiger partial charge in [0.1, 0.15) is 16.1 Å². The molecule has 2 N–H and O–H groups in total. The van der Waals surface area contributed by atoms with Crippen LogP contribution in [0.25, 0.3) is 0 Å². The second-order valence-corrected chi connectivity index (χ2v) is 15.8. The molecule has 0 unspecified atom stereocenters. The van der Waals surface area contributed by atoms with Gasteiger partial charge in [-0.15, -0.1) is 11.1 Å². The van der Waals surface area contributed by atoms with E-state index < -0.39 is 16.1 Å². The minimum atomic E-state index is -1.48. The fourth-order valence-electron chi connectivity index (χ4n) is 0.947. The Morgan fingerprint density at radius 2 is 1.00 bits per heavy atom. The maximum absolute atomic E-state index is 9.34. The summed E-state index contributed by atoms with van der Waals surface area (Å²) in [6, 6.07) is 0. The first-order valence-electron chi connectivity index (χ1n) is 6.09. The summed E-state index contributed by atoms with van der Waals surface area (Å²) >= 11 is 0. The van der Waals surface area contributed by atoms with Gasteiger partial charge in [-0.25, -0.2) is 0 Å². The number of aliphatic hydroxyl groups excluding tert-OH is 2. The van der Waals surface area contributed by atoms with E-state index in [4.69, 9.17) is 0 Å². The van der Waals surface area contributed by atoms with Gasteiger partial charge >= 0.3 is 0 Å². The predicted octanol–water partition coefficient (Wildman–Crippen LogP) is 2.03. The molecule has 0 fully saturated rings. The lowest BCUT2D eigenvalue weighted by molar-refractivity contribution is 0.319. The van der Waals surface area contributed by atoms with Crippen molar-refractivity contribution in [2.24, 2.45) is 0 Å². The van der Waals surface area contributed by atoms with Crippen LogP contribution in [0.3, 0.4) is 0 Å². The van der Waals surface area contributed by atoms with Crippen molar-refractivity contribution in [1.29, 1.82) is 0 Å². The molecule has 0 aromatic heterocycles. The summed E-state index contributed by atoms with van der Waals surface area (Å²) in [6.07, 6.45) is 0. The van der Waals surface area contributed by atoms with E-state index in [0.29, 0.717) is 11.1 Å². The monoisotopic (exact) mass is 280 g/mol. The first-order chi connectivity index (χ1) is 8.09. The standard InChI is InChI=1S/C14H24O2Si2/c1-17(2,3)9-7-13(11-15)14(12-16)8-10-18(4,5)6/h15-16H,11-12H2,1-6H3/b14-13+. The first kappa shape index (κ1) is 17.2. The maximum atomic E-state index is 9.34. The molecule has 0 saturated heterocycles. The molecule has 0 saturated carbocycles. The Bertz CT molecular complexity index is 387. The van der Waals surface area contributed by atoms with Gasteiger partial charge in [-0.2, -0.15) is 0 Å². The molecule has 0 bridgehead atoms. The van der Waals surface area contributed by atoms with Crippen molar-refractivity contribution in [2.75, 3.05) is 13.2 Å². The quantitative estimate of drug-likeness (QED) is 0.600. The van der Waals surface area contributed by atoms with E-state index in [1.54, 1.807) is 0 Å². The normalized spacial score (nSPS) is 12.9. The summed E-state index contributed by atoms with van der Waals surface area (Å²) in [4.78, 5) is 0. The summed E-state index contributed by atoms with van der Waals surface area (Å²) in [5, 5.41) is 18.7. The van der Waals surface area contributed by atoms with Crippen LogP contribution in [0.2, 0.25) is 39.3 Å². The summed E-state index contributed by atoms with van der Waals surface area (Å²) in [6.45, 7) is 12.5. The van der Waals surface area contributed by atoms with Crippen LogP contribution in [0, 0.1) is 22.9 Å². The molecule has 0 heterocycles. The minimum Gasteiger partial charge on any atom is -0.391 e. The van der Waals surface area contributed by atoms with Gasteiger partial charge in [0.2, 0.25) is 0 Å². The minimum absolute atomic E-state index is 0.159. The van der Waals surface area contributed by atoms with Gasteiger partial charge in [0.15, 0.2) is 0 Å². The van der Waals surface area contributed by atoms with E-state index in [-0.39, 0.29) is 13.2 Å². The van der Waals surface area contributed by atoms with Crippen molar-refractivity contribution < 1.29 is 10.2 Å². The fourth-order valence-corrected chi connectivity index (χ4v) is 2.00. The molecule has 100 valence electrons. The molecule has 0 rings (SSSR count). The molecular weight excluding hydrogens is 256 g/mol. The summed E-state index contributed by atoms with van der Waals surface area (Å²) in [5.74, 6) is 5.98. The van der Waals surface area contributed by atoms with Crippen LogP contribution in [0.5, 0.6) is 0 Å². The molecule has 0 aliphatic carbocycles. The van der Waals surface area contributed by atoms with E-state index in [0.717, 1.165) is 0 Å². The van der Waals surface area contributed by atoms with Crippen LogP contribution >= 0.6 is 0 Å². The zero-order valence-electron chi connectivity index (χ0n) is 12.3. The van der Waals surface area contributed by atoms with Crippen LogP contribution < -0.4 is 0 Å². The average molecular weight is 281 g/mol. The van der Waals surface area contributed by atoms with Gasteiger partial charge in [0, 0.05) is 11.1 Å². The number of aliphatic hydroxyl groups is 2. The van der Waals surface area contributed by atoms with Crippen molar-refractivity contribution in [3.63, 3.8) is 0 Å². The largest absolute Gasteiger partial charge is 0.391 e. The molecule has 18 heavy (non-hydrogen) atoms. The van der Waals surface area contributed by atoms with Crippen molar-refractivity contribution in [1.82, 2.24) is 0 Å². The Hall–Kier alpha value is -0.786. The third-order valence-electron chi connectivity index (χ3n) is 1.86. The summed E-state index contributed by atoms with van der Waals surface area (Å²) < 4.78 is 0. The average Bonchev–Trinajstić information content (AvgIpc) is 2.20. The molecule has 0 atom stereocenters. The molecule has 0 radical (unpaired) electrons. The van der Waals surface area contributed by atoms with Crippen molar-refractivity contribution in [3.05, 3.63) is 11.1 Å². The molecule has 0 amide bonds.